The van der Waals surface area contributed by atoms with Gasteiger partial charge in [-0.2, -0.15) is 4.39 Å². The number of hydrogen-bond acceptors (Lipinski definition) is 6. The second-order valence-electron chi connectivity index (χ2n) is 6.96. The summed E-state index contributed by atoms with van der Waals surface area (Å²) in [5.74, 6) is -0.0816. The summed E-state index contributed by atoms with van der Waals surface area (Å²) in [5, 5.41) is 22.2. The summed E-state index contributed by atoms with van der Waals surface area (Å²) < 4.78 is 15.5. The number of para-hydroxylation sites is 1. The molecule has 3 aromatic rings. The minimum atomic E-state index is -0.955. The van der Waals surface area contributed by atoms with Crippen molar-refractivity contribution in [3.05, 3.63) is 70.3 Å². The van der Waals surface area contributed by atoms with Crippen molar-refractivity contribution in [3.63, 3.8) is 0 Å². The van der Waals surface area contributed by atoms with Gasteiger partial charge < -0.3 is 5.32 Å². The maximum Gasteiger partial charge on any atom is 0.306 e. The van der Waals surface area contributed by atoms with Crippen molar-refractivity contribution in [2.24, 2.45) is 0 Å². The molecule has 4 rings (SSSR count). The molecule has 1 aromatic heterocycles. The standard InChI is InChI=1S/C20H18FN5O3S/c1-12(19(27)22-14-9-10-16(21)17(11-14)26(28)29)30-20-24-23-18(13-7-8-13)25(20)15-5-3-2-4-6-15/h2-6,9-13H,7-8H2,1H3,(H,22,27). The van der Waals surface area contributed by atoms with Crippen molar-refractivity contribution in [2.45, 2.75) is 36.1 Å². The second kappa shape index (κ2) is 8.23. The van der Waals surface area contributed by atoms with Gasteiger partial charge in [-0.1, -0.05) is 30.0 Å². The first-order chi connectivity index (χ1) is 14.4. The fourth-order valence-corrected chi connectivity index (χ4v) is 3.84. The molecule has 1 N–H and O–H groups in total. The molecule has 10 heteroatoms. The normalized spacial score (nSPS) is 14.3. The van der Waals surface area contributed by atoms with Gasteiger partial charge >= 0.3 is 5.69 Å². The Labute approximate surface area is 175 Å². The number of carbonyl (C=O) groups is 1. The summed E-state index contributed by atoms with van der Waals surface area (Å²) in [6.07, 6.45) is 2.13. The molecule has 30 heavy (non-hydrogen) atoms. The average molecular weight is 427 g/mol. The zero-order valence-corrected chi connectivity index (χ0v) is 16.8. The predicted molar refractivity (Wildman–Crippen MR) is 110 cm³/mol. The van der Waals surface area contributed by atoms with E-state index < -0.39 is 21.7 Å². The highest BCUT2D eigenvalue weighted by Crippen LogP contribution is 2.41. The number of thioether (sulfide) groups is 1. The average Bonchev–Trinajstić information content (AvgIpc) is 3.50. The van der Waals surface area contributed by atoms with Crippen molar-refractivity contribution in [1.29, 1.82) is 0 Å². The van der Waals surface area contributed by atoms with E-state index in [0.717, 1.165) is 36.5 Å². The summed E-state index contributed by atoms with van der Waals surface area (Å²) in [4.78, 5) is 22.7. The second-order valence-corrected chi connectivity index (χ2v) is 8.27. The molecule has 1 saturated carbocycles. The van der Waals surface area contributed by atoms with Gasteiger partial charge in [-0.05, 0) is 44.0 Å². The van der Waals surface area contributed by atoms with Crippen LogP contribution in [-0.4, -0.2) is 30.8 Å². The number of amides is 1. The molecule has 1 aliphatic rings. The van der Waals surface area contributed by atoms with Crippen LogP contribution < -0.4 is 5.32 Å². The maximum atomic E-state index is 13.5. The van der Waals surface area contributed by atoms with Crippen LogP contribution in [0.2, 0.25) is 0 Å². The molecule has 0 spiro atoms. The van der Waals surface area contributed by atoms with E-state index in [9.17, 15) is 19.3 Å². The predicted octanol–water partition coefficient (Wildman–Crippen LogP) is 4.31. The van der Waals surface area contributed by atoms with Gasteiger partial charge in [0.15, 0.2) is 5.16 Å². The molecule has 0 saturated heterocycles. The number of nitro groups is 1. The minimum absolute atomic E-state index is 0.156. The number of anilines is 1. The van der Waals surface area contributed by atoms with Crippen LogP contribution in [0.25, 0.3) is 5.69 Å². The van der Waals surface area contributed by atoms with E-state index in [2.05, 4.69) is 15.5 Å². The summed E-state index contributed by atoms with van der Waals surface area (Å²) >= 11 is 1.24. The Kier molecular flexibility index (Phi) is 5.49. The van der Waals surface area contributed by atoms with Crippen LogP contribution in [-0.2, 0) is 4.79 Å². The largest absolute Gasteiger partial charge is 0.325 e. The number of nitro benzene ring substituents is 1. The van der Waals surface area contributed by atoms with Gasteiger partial charge in [0.1, 0.15) is 5.82 Å². The van der Waals surface area contributed by atoms with Gasteiger partial charge in [0.05, 0.1) is 10.2 Å². The Hall–Kier alpha value is -3.27. The lowest BCUT2D eigenvalue weighted by molar-refractivity contribution is -0.387. The number of benzene rings is 2. The van der Waals surface area contributed by atoms with E-state index in [1.165, 1.54) is 17.8 Å². The van der Waals surface area contributed by atoms with Gasteiger partial charge in [-0.15, -0.1) is 10.2 Å². The lowest BCUT2D eigenvalue weighted by Crippen LogP contribution is -2.23. The molecule has 0 bridgehead atoms. The topological polar surface area (TPSA) is 103 Å². The molecular weight excluding hydrogens is 409 g/mol. The monoisotopic (exact) mass is 427 g/mol. The number of nitrogens with one attached hydrogen (secondary N) is 1. The Morgan fingerprint density at radius 2 is 2.00 bits per heavy atom. The molecule has 0 radical (unpaired) electrons. The molecule has 1 unspecified atom stereocenters. The zero-order chi connectivity index (χ0) is 21.3. The smallest absolute Gasteiger partial charge is 0.306 e. The van der Waals surface area contributed by atoms with Crippen LogP contribution in [0.4, 0.5) is 15.8 Å². The Morgan fingerprint density at radius 3 is 2.67 bits per heavy atom. The SMILES string of the molecule is CC(Sc1nnc(C2CC2)n1-c1ccccc1)C(=O)Nc1ccc(F)c([N+](=O)[O-])c1. The van der Waals surface area contributed by atoms with E-state index in [4.69, 9.17) is 0 Å². The number of nitrogens with zero attached hydrogens (tertiary/aromatic N) is 4. The van der Waals surface area contributed by atoms with Crippen LogP contribution >= 0.6 is 11.8 Å². The minimum Gasteiger partial charge on any atom is -0.325 e. The van der Waals surface area contributed by atoms with Crippen LogP contribution in [0.15, 0.2) is 53.7 Å². The number of halogens is 1. The van der Waals surface area contributed by atoms with Gasteiger partial charge in [0, 0.05) is 23.4 Å². The molecule has 8 nitrogen and oxygen atoms in total. The Morgan fingerprint density at radius 1 is 1.27 bits per heavy atom. The number of hydrogen-bond donors (Lipinski definition) is 1. The Balaban J connectivity index is 1.53. The van der Waals surface area contributed by atoms with Crippen molar-refractivity contribution >= 4 is 29.0 Å². The third kappa shape index (κ3) is 4.18. The lowest BCUT2D eigenvalue weighted by atomic mass is 10.2. The molecule has 0 aliphatic heterocycles. The third-order valence-corrected chi connectivity index (χ3v) is 5.72. The molecule has 154 valence electrons. The van der Waals surface area contributed by atoms with Crippen LogP contribution in [0.1, 0.15) is 31.5 Å². The lowest BCUT2D eigenvalue weighted by Gasteiger charge is -2.14. The zero-order valence-electron chi connectivity index (χ0n) is 16.0. The van der Waals surface area contributed by atoms with Gasteiger partial charge in [0.25, 0.3) is 0 Å². The molecular formula is C20H18FN5O3S. The van der Waals surface area contributed by atoms with Gasteiger partial charge in [-0.25, -0.2) is 0 Å². The molecule has 1 aliphatic carbocycles. The van der Waals surface area contributed by atoms with E-state index in [1.807, 2.05) is 34.9 Å². The summed E-state index contributed by atoms with van der Waals surface area (Å²) in [6.45, 7) is 1.71. The van der Waals surface area contributed by atoms with E-state index in [0.29, 0.717) is 11.1 Å². The Bertz CT molecular complexity index is 1100. The fraction of sp³-hybridized carbons (Fsp3) is 0.250. The highest BCUT2D eigenvalue weighted by molar-refractivity contribution is 8.00. The number of rotatable bonds is 7. The van der Waals surface area contributed by atoms with Crippen molar-refractivity contribution < 1.29 is 14.1 Å². The highest BCUT2D eigenvalue weighted by atomic mass is 32.2. The first-order valence-electron chi connectivity index (χ1n) is 9.36. The van der Waals surface area contributed by atoms with Gasteiger partial charge in [0.2, 0.25) is 11.7 Å². The molecule has 1 amide bonds. The summed E-state index contributed by atoms with van der Waals surface area (Å²) in [5.41, 5.74) is 0.392. The summed E-state index contributed by atoms with van der Waals surface area (Å²) in [6, 6.07) is 13.0. The van der Waals surface area contributed by atoms with E-state index >= 15 is 0 Å². The van der Waals surface area contributed by atoms with Crippen LogP contribution in [0, 0.1) is 15.9 Å². The van der Waals surface area contributed by atoms with E-state index in [-0.39, 0.29) is 11.6 Å². The quantitative estimate of drug-likeness (QED) is 0.342. The fourth-order valence-electron chi connectivity index (χ4n) is 2.97. The summed E-state index contributed by atoms with van der Waals surface area (Å²) in [7, 11) is 0. The first-order valence-corrected chi connectivity index (χ1v) is 10.2. The van der Waals surface area contributed by atoms with E-state index in [1.54, 1.807) is 6.92 Å². The number of aromatic nitrogens is 3. The molecule has 1 atom stereocenters. The maximum absolute atomic E-state index is 13.5. The molecule has 1 fully saturated rings. The highest BCUT2D eigenvalue weighted by Gasteiger charge is 2.32. The van der Waals surface area contributed by atoms with Crippen LogP contribution in [0.3, 0.4) is 0 Å². The van der Waals surface area contributed by atoms with Crippen molar-refractivity contribution in [2.75, 3.05) is 5.32 Å². The third-order valence-electron chi connectivity index (χ3n) is 4.68. The van der Waals surface area contributed by atoms with Crippen molar-refractivity contribution in [3.8, 4) is 5.69 Å². The molecule has 2 aromatic carbocycles. The molecule has 1 heterocycles. The van der Waals surface area contributed by atoms with Crippen molar-refractivity contribution in [1.82, 2.24) is 14.8 Å². The van der Waals surface area contributed by atoms with Gasteiger partial charge in [-0.3, -0.25) is 19.5 Å². The van der Waals surface area contributed by atoms with Crippen LogP contribution in [0.5, 0.6) is 0 Å². The number of carbonyl (C=O) groups excluding carboxylic acids is 1. The first kappa shape index (κ1) is 20.0.